The van der Waals surface area contributed by atoms with Gasteiger partial charge in [0, 0.05) is 4.90 Å². The fraction of sp³-hybridized carbons (Fsp3) is 0.381. The quantitative estimate of drug-likeness (QED) is 0.377. The van der Waals surface area contributed by atoms with Gasteiger partial charge in [0.05, 0.1) is 30.4 Å². The highest BCUT2D eigenvalue weighted by atomic mass is 32.2. The van der Waals surface area contributed by atoms with E-state index in [1.165, 1.54) is 11.3 Å². The molecule has 0 aliphatic carbocycles. The molecule has 0 aliphatic rings. The standard InChI is InChI=1S/C21H25N3O3S2/c1-4-14(11-25)22-19-17-13(3)18(21(26)27-5-2)29-20(17)24-16(23-19)12-28-15-9-7-6-8-10-15/h6-10,14,25H,4-5,11-12H2,1-3H3,(H,22,23,24)/t14-/m0/s1. The molecule has 0 saturated carbocycles. The first-order valence-corrected chi connectivity index (χ1v) is 11.4. The number of aryl methyl sites for hydroxylation is 1. The van der Waals surface area contributed by atoms with E-state index in [2.05, 4.69) is 17.4 Å². The lowest BCUT2D eigenvalue weighted by molar-refractivity contribution is 0.0531. The van der Waals surface area contributed by atoms with Crippen molar-refractivity contribution in [3.8, 4) is 0 Å². The van der Waals surface area contributed by atoms with Crippen LogP contribution in [-0.4, -0.2) is 40.3 Å². The van der Waals surface area contributed by atoms with E-state index in [0.717, 1.165) is 27.1 Å². The van der Waals surface area contributed by atoms with Gasteiger partial charge in [-0.2, -0.15) is 0 Å². The summed E-state index contributed by atoms with van der Waals surface area (Å²) in [5, 5.41) is 13.8. The van der Waals surface area contributed by atoms with Gasteiger partial charge in [0.1, 0.15) is 21.3 Å². The lowest BCUT2D eigenvalue weighted by Gasteiger charge is -2.16. The maximum Gasteiger partial charge on any atom is 0.348 e. The summed E-state index contributed by atoms with van der Waals surface area (Å²) in [5.41, 5.74) is 0.806. The minimum atomic E-state index is -0.339. The van der Waals surface area contributed by atoms with E-state index in [1.54, 1.807) is 18.7 Å². The fourth-order valence-electron chi connectivity index (χ4n) is 2.88. The maximum atomic E-state index is 12.4. The Hall–Kier alpha value is -2.16. The van der Waals surface area contributed by atoms with Crippen LogP contribution in [0.15, 0.2) is 35.2 Å². The number of nitrogens with zero attached hydrogens (tertiary/aromatic N) is 2. The average Bonchev–Trinajstić information content (AvgIpc) is 3.08. The van der Waals surface area contributed by atoms with Crippen molar-refractivity contribution in [1.29, 1.82) is 0 Å². The van der Waals surface area contributed by atoms with Crippen LogP contribution in [0.25, 0.3) is 10.2 Å². The summed E-state index contributed by atoms with van der Waals surface area (Å²) in [6.07, 6.45) is 0.754. The minimum Gasteiger partial charge on any atom is -0.462 e. The monoisotopic (exact) mass is 431 g/mol. The second-order valence-electron chi connectivity index (χ2n) is 6.48. The van der Waals surface area contributed by atoms with Gasteiger partial charge in [-0.3, -0.25) is 0 Å². The Bertz CT molecular complexity index is 972. The Kier molecular flexibility index (Phi) is 7.46. The summed E-state index contributed by atoms with van der Waals surface area (Å²) >= 11 is 2.98. The third-order valence-electron chi connectivity index (χ3n) is 4.46. The van der Waals surface area contributed by atoms with E-state index in [-0.39, 0.29) is 18.6 Å². The molecule has 0 fully saturated rings. The summed E-state index contributed by atoms with van der Waals surface area (Å²) in [6.45, 7) is 6.01. The molecule has 0 amide bonds. The first-order chi connectivity index (χ1) is 14.1. The number of thiophene rings is 1. The highest BCUT2D eigenvalue weighted by Crippen LogP contribution is 2.35. The molecule has 0 aliphatic heterocycles. The van der Waals surface area contributed by atoms with Gasteiger partial charge in [-0.15, -0.1) is 23.1 Å². The van der Waals surface area contributed by atoms with Crippen LogP contribution in [0, 0.1) is 6.92 Å². The fourth-order valence-corrected chi connectivity index (χ4v) is 4.75. The van der Waals surface area contributed by atoms with E-state index in [1.807, 2.05) is 32.0 Å². The summed E-state index contributed by atoms with van der Waals surface area (Å²) in [6, 6.07) is 9.97. The predicted molar refractivity (Wildman–Crippen MR) is 119 cm³/mol. The van der Waals surface area contributed by atoms with Crippen molar-refractivity contribution in [3.63, 3.8) is 0 Å². The van der Waals surface area contributed by atoms with Crippen molar-refractivity contribution in [3.05, 3.63) is 46.6 Å². The molecule has 8 heteroatoms. The molecule has 154 valence electrons. The molecule has 3 aromatic rings. The van der Waals surface area contributed by atoms with E-state index in [0.29, 0.717) is 28.9 Å². The van der Waals surface area contributed by atoms with Crippen molar-refractivity contribution in [2.75, 3.05) is 18.5 Å². The number of rotatable bonds is 9. The number of carbonyl (C=O) groups is 1. The molecule has 29 heavy (non-hydrogen) atoms. The SMILES string of the molecule is CCOC(=O)c1sc2nc(CSc3ccccc3)nc(N[C@@H](CC)CO)c2c1C. The van der Waals surface area contributed by atoms with Crippen molar-refractivity contribution in [2.24, 2.45) is 0 Å². The zero-order valence-electron chi connectivity index (χ0n) is 16.8. The third kappa shape index (κ3) is 5.07. The Morgan fingerprint density at radius 2 is 2.03 bits per heavy atom. The number of aliphatic hydroxyl groups is 1. The van der Waals surface area contributed by atoms with Crippen LogP contribution in [0.2, 0.25) is 0 Å². The Morgan fingerprint density at radius 1 is 1.28 bits per heavy atom. The Labute approximate surface area is 178 Å². The summed E-state index contributed by atoms with van der Waals surface area (Å²) < 4.78 is 5.20. The number of ether oxygens (including phenoxy) is 1. The molecule has 1 aromatic carbocycles. The molecule has 1 atom stereocenters. The van der Waals surface area contributed by atoms with Gasteiger partial charge in [0.25, 0.3) is 0 Å². The molecule has 0 radical (unpaired) electrons. The van der Waals surface area contributed by atoms with Crippen LogP contribution in [0.5, 0.6) is 0 Å². The first kappa shape index (κ1) is 21.5. The van der Waals surface area contributed by atoms with E-state index in [9.17, 15) is 9.90 Å². The molecule has 2 aromatic heterocycles. The Balaban J connectivity index is 2.00. The van der Waals surface area contributed by atoms with Gasteiger partial charge in [0.2, 0.25) is 0 Å². The molecular formula is C21H25N3O3S2. The second kappa shape index (κ2) is 10.0. The molecule has 2 N–H and O–H groups in total. The summed E-state index contributed by atoms with van der Waals surface area (Å²) in [5.74, 6) is 1.60. The predicted octanol–water partition coefficient (Wildman–Crippen LogP) is 4.65. The number of aromatic nitrogens is 2. The number of carbonyl (C=O) groups excluding carboxylic acids is 1. The third-order valence-corrected chi connectivity index (χ3v) is 6.64. The number of esters is 1. The van der Waals surface area contributed by atoms with Gasteiger partial charge < -0.3 is 15.2 Å². The largest absolute Gasteiger partial charge is 0.462 e. The summed E-state index contributed by atoms with van der Waals surface area (Å²) in [4.78, 5) is 24.2. The van der Waals surface area contributed by atoms with E-state index < -0.39 is 0 Å². The lowest BCUT2D eigenvalue weighted by Crippen LogP contribution is -2.23. The zero-order valence-corrected chi connectivity index (χ0v) is 18.4. The number of fused-ring (bicyclic) bond motifs is 1. The molecule has 0 saturated heterocycles. The highest BCUT2D eigenvalue weighted by molar-refractivity contribution is 7.98. The molecule has 0 bridgehead atoms. The molecule has 6 nitrogen and oxygen atoms in total. The normalized spacial score (nSPS) is 12.1. The van der Waals surface area contributed by atoms with Crippen molar-refractivity contribution in [2.45, 2.75) is 43.9 Å². The van der Waals surface area contributed by atoms with E-state index in [4.69, 9.17) is 14.7 Å². The molecule has 0 unspecified atom stereocenters. The van der Waals surface area contributed by atoms with Gasteiger partial charge in [-0.1, -0.05) is 25.1 Å². The van der Waals surface area contributed by atoms with Gasteiger partial charge in [0.15, 0.2) is 0 Å². The van der Waals surface area contributed by atoms with Gasteiger partial charge >= 0.3 is 5.97 Å². The highest BCUT2D eigenvalue weighted by Gasteiger charge is 2.22. The molecular weight excluding hydrogens is 406 g/mol. The first-order valence-electron chi connectivity index (χ1n) is 9.59. The number of benzene rings is 1. The topological polar surface area (TPSA) is 84.3 Å². The molecule has 2 heterocycles. The second-order valence-corrected chi connectivity index (χ2v) is 8.53. The average molecular weight is 432 g/mol. The van der Waals surface area contributed by atoms with Crippen LogP contribution < -0.4 is 5.32 Å². The van der Waals surface area contributed by atoms with Crippen LogP contribution in [-0.2, 0) is 10.5 Å². The van der Waals surface area contributed by atoms with Crippen molar-refractivity contribution < 1.29 is 14.6 Å². The summed E-state index contributed by atoms with van der Waals surface area (Å²) in [7, 11) is 0. The zero-order chi connectivity index (χ0) is 20.8. The van der Waals surface area contributed by atoms with Crippen molar-refractivity contribution >= 4 is 45.1 Å². The number of anilines is 1. The van der Waals surface area contributed by atoms with Crippen LogP contribution in [0.1, 0.15) is 41.3 Å². The lowest BCUT2D eigenvalue weighted by atomic mass is 10.1. The Morgan fingerprint density at radius 3 is 2.69 bits per heavy atom. The van der Waals surface area contributed by atoms with Gasteiger partial charge in [-0.25, -0.2) is 14.8 Å². The number of hydrogen-bond donors (Lipinski definition) is 2. The van der Waals surface area contributed by atoms with Gasteiger partial charge in [-0.05, 0) is 38.0 Å². The smallest absolute Gasteiger partial charge is 0.348 e. The molecule has 3 rings (SSSR count). The maximum absolute atomic E-state index is 12.4. The van der Waals surface area contributed by atoms with Crippen LogP contribution in [0.3, 0.4) is 0 Å². The number of nitrogens with one attached hydrogen (secondary N) is 1. The van der Waals surface area contributed by atoms with E-state index >= 15 is 0 Å². The number of aliphatic hydroxyl groups excluding tert-OH is 1. The van der Waals surface area contributed by atoms with Crippen LogP contribution >= 0.6 is 23.1 Å². The van der Waals surface area contributed by atoms with Crippen molar-refractivity contribution in [1.82, 2.24) is 9.97 Å². The minimum absolute atomic E-state index is 0.00398. The van der Waals surface area contributed by atoms with Crippen LogP contribution in [0.4, 0.5) is 5.82 Å². The molecule has 0 spiro atoms. The number of thioether (sulfide) groups is 1. The number of hydrogen-bond acceptors (Lipinski definition) is 8.